The maximum absolute atomic E-state index is 13.0. The van der Waals surface area contributed by atoms with E-state index in [9.17, 15) is 5.11 Å². The van der Waals surface area contributed by atoms with Crippen molar-refractivity contribution >= 4 is 0 Å². The van der Waals surface area contributed by atoms with E-state index in [0.29, 0.717) is 6.61 Å². The van der Waals surface area contributed by atoms with Gasteiger partial charge in [0, 0.05) is 0 Å². The second-order valence-electron chi connectivity index (χ2n) is 22.5. The van der Waals surface area contributed by atoms with Crippen molar-refractivity contribution in [2.24, 2.45) is 0 Å². The molecule has 0 saturated carbocycles. The number of aliphatic hydroxyl groups is 1. The molecular weight excluding hydrogens is 1140 g/mol. The molecule has 8 aromatic carbocycles. The van der Waals surface area contributed by atoms with Gasteiger partial charge in [0.25, 0.3) is 0 Å². The van der Waals surface area contributed by atoms with Crippen molar-refractivity contribution in [2.45, 2.75) is 140 Å². The Morgan fingerprint density at radius 1 is 0.389 bits per heavy atom. The lowest BCUT2D eigenvalue weighted by molar-refractivity contribution is -0.379. The minimum Gasteiger partial charge on any atom is -0.387 e. The van der Waals surface area contributed by atoms with Crippen molar-refractivity contribution in [2.75, 3.05) is 26.4 Å². The van der Waals surface area contributed by atoms with E-state index >= 15 is 0 Å². The second-order valence-corrected chi connectivity index (χ2v) is 22.5. The van der Waals surface area contributed by atoms with Crippen LogP contribution in [0, 0.1) is 0 Å². The van der Waals surface area contributed by atoms with Crippen LogP contribution >= 0.6 is 0 Å². The lowest BCUT2D eigenvalue weighted by Crippen LogP contribution is -2.66. The van der Waals surface area contributed by atoms with E-state index in [0.717, 1.165) is 44.5 Å². The van der Waals surface area contributed by atoms with Crippen molar-refractivity contribution in [1.29, 1.82) is 0 Å². The Hall–Kier alpha value is -7.06. The summed E-state index contributed by atoms with van der Waals surface area (Å²) in [6.07, 6.45) is -11.2. The zero-order chi connectivity index (χ0) is 61.8. The summed E-state index contributed by atoms with van der Waals surface area (Å²) in [4.78, 5) is 0. The molecule has 0 radical (unpaired) electrons. The van der Waals surface area contributed by atoms with Gasteiger partial charge in [0.15, 0.2) is 12.6 Å². The van der Waals surface area contributed by atoms with Gasteiger partial charge in [-0.05, 0) is 51.4 Å². The third kappa shape index (κ3) is 20.2. The molecular formula is C76H84O14. The van der Waals surface area contributed by atoms with Gasteiger partial charge in [-0.3, -0.25) is 0 Å². The van der Waals surface area contributed by atoms with Gasteiger partial charge in [-0.25, -0.2) is 0 Å². The topological polar surface area (TPSA) is 140 Å². The molecule has 14 heteroatoms. The van der Waals surface area contributed by atoms with Crippen LogP contribution < -0.4 is 0 Å². The van der Waals surface area contributed by atoms with Crippen LogP contribution in [0.15, 0.2) is 255 Å². The normalized spacial score (nSPS) is 22.7. The molecule has 2 aliphatic heterocycles. The summed E-state index contributed by atoms with van der Waals surface area (Å²) in [5, 5.41) is 13.0. The first-order valence-corrected chi connectivity index (χ1v) is 31.1. The summed E-state index contributed by atoms with van der Waals surface area (Å²) in [7, 11) is 0. The minimum atomic E-state index is -1.30. The van der Waals surface area contributed by atoms with Crippen LogP contribution in [0.4, 0.5) is 0 Å². The number of hydrogen-bond acceptors (Lipinski definition) is 14. The lowest BCUT2D eigenvalue weighted by Gasteiger charge is -2.50. The van der Waals surface area contributed by atoms with Gasteiger partial charge in [-0.15, -0.1) is 6.58 Å². The van der Waals surface area contributed by atoms with E-state index in [-0.39, 0.29) is 72.7 Å². The maximum atomic E-state index is 13.0. The Balaban J connectivity index is 1.04. The summed E-state index contributed by atoms with van der Waals surface area (Å²) in [6, 6.07) is 79.3. The fraction of sp³-hybridized carbons (Fsp3) is 0.342. The second kappa shape index (κ2) is 36.1. The molecule has 0 aliphatic carbocycles. The molecule has 13 atom stereocenters. The smallest absolute Gasteiger partial charge is 0.187 e. The SMILES string of the molecule is C=CCOC[C@@H](O[C@@H]1O[C@@H](C)[C@H](OCc2ccccc2)[C@@H](O[C@H]2O[C@H](COCc3ccccc3)[C@@H](OCc3ccccc3)[C@H](O)[C@H]2OCc2ccccc2)[C@H]1OCc1ccccc1)[C@@H](OCc1ccccc1)[C@H](COCc1ccccc1)OCc1ccccc1. The van der Waals surface area contributed by atoms with Gasteiger partial charge in [0.2, 0.25) is 0 Å². The van der Waals surface area contributed by atoms with Gasteiger partial charge < -0.3 is 66.7 Å². The summed E-state index contributed by atoms with van der Waals surface area (Å²) < 4.78 is 90.6. The van der Waals surface area contributed by atoms with Crippen LogP contribution in [0.1, 0.15) is 51.4 Å². The predicted molar refractivity (Wildman–Crippen MR) is 342 cm³/mol. The van der Waals surface area contributed by atoms with Crippen molar-refractivity contribution in [3.8, 4) is 0 Å². The third-order valence-electron chi connectivity index (χ3n) is 15.7. The molecule has 0 bridgehead atoms. The Kier molecular flexibility index (Phi) is 26.4. The fourth-order valence-corrected chi connectivity index (χ4v) is 11.0. The van der Waals surface area contributed by atoms with Crippen molar-refractivity contribution in [3.05, 3.63) is 300 Å². The lowest BCUT2D eigenvalue weighted by atomic mass is 9.96. The van der Waals surface area contributed by atoms with Gasteiger partial charge in [0.1, 0.15) is 61.0 Å². The number of hydrogen-bond donors (Lipinski definition) is 1. The van der Waals surface area contributed by atoms with Crippen LogP contribution in [-0.2, 0) is 114 Å². The highest BCUT2D eigenvalue weighted by Crippen LogP contribution is 2.37. The molecule has 1 N–H and O–H groups in total. The molecule has 2 heterocycles. The average Bonchev–Trinajstić information content (AvgIpc) is 0.934. The van der Waals surface area contributed by atoms with E-state index in [1.165, 1.54) is 0 Å². The number of ether oxygens (including phenoxy) is 13. The number of rotatable bonds is 36. The highest BCUT2D eigenvalue weighted by Gasteiger charge is 2.54. The molecule has 2 saturated heterocycles. The Morgan fingerprint density at radius 2 is 0.767 bits per heavy atom. The molecule has 90 heavy (non-hydrogen) atoms. The van der Waals surface area contributed by atoms with Crippen molar-refractivity contribution < 1.29 is 66.7 Å². The zero-order valence-corrected chi connectivity index (χ0v) is 51.1. The largest absolute Gasteiger partial charge is 0.387 e. The number of aliphatic hydroxyl groups excluding tert-OH is 1. The molecule has 0 spiro atoms. The van der Waals surface area contributed by atoms with Crippen LogP contribution in [0.3, 0.4) is 0 Å². The van der Waals surface area contributed by atoms with Crippen LogP contribution in [-0.4, -0.2) is 111 Å². The molecule has 0 unspecified atom stereocenters. The molecule has 14 nitrogen and oxygen atoms in total. The molecule has 2 aliphatic rings. The minimum absolute atomic E-state index is 0.0107. The first kappa shape index (κ1) is 65.9. The first-order chi connectivity index (χ1) is 44.4. The monoisotopic (exact) mass is 1220 g/mol. The molecule has 0 aromatic heterocycles. The van der Waals surface area contributed by atoms with Gasteiger partial charge >= 0.3 is 0 Å². The van der Waals surface area contributed by atoms with E-state index < -0.39 is 79.7 Å². The van der Waals surface area contributed by atoms with Gasteiger partial charge in [-0.2, -0.15) is 0 Å². The van der Waals surface area contributed by atoms with Gasteiger partial charge in [-0.1, -0.05) is 249 Å². The fourth-order valence-electron chi connectivity index (χ4n) is 11.0. The Morgan fingerprint density at radius 3 is 1.22 bits per heavy atom. The highest BCUT2D eigenvalue weighted by molar-refractivity contribution is 5.20. The van der Waals surface area contributed by atoms with E-state index in [4.69, 9.17) is 61.6 Å². The quantitative estimate of drug-likeness (QED) is 0.0294. The Bertz CT molecular complexity index is 3190. The van der Waals surface area contributed by atoms with E-state index in [2.05, 4.69) is 6.58 Å². The Labute approximate surface area is 530 Å². The highest BCUT2D eigenvalue weighted by atomic mass is 16.8. The van der Waals surface area contributed by atoms with Gasteiger partial charge in [0.05, 0.1) is 85.4 Å². The van der Waals surface area contributed by atoms with E-state index in [1.807, 2.05) is 250 Å². The average molecular weight is 1220 g/mol. The third-order valence-corrected chi connectivity index (χ3v) is 15.7. The first-order valence-electron chi connectivity index (χ1n) is 31.1. The molecule has 10 rings (SSSR count). The van der Waals surface area contributed by atoms with Crippen LogP contribution in [0.25, 0.3) is 0 Å². The summed E-state index contributed by atoms with van der Waals surface area (Å²) >= 11 is 0. The summed E-state index contributed by atoms with van der Waals surface area (Å²) in [5.41, 5.74) is 7.50. The van der Waals surface area contributed by atoms with E-state index in [1.54, 1.807) is 6.08 Å². The van der Waals surface area contributed by atoms with Crippen molar-refractivity contribution in [1.82, 2.24) is 0 Å². The molecule has 2 fully saturated rings. The standard InChI is InChI=1S/C76H84O14/c1-3-44-78-54-66(70(83-49-61-36-20-8-21-37-61)65(81-47-59-32-16-6-17-33-59)53-79-45-57-28-12-4-13-29-57)88-76-74(86-52-64-42-26-11-27-43-64)73(69(56(2)87-76)82-48-60-34-18-7-19-35-60)90-75-72(85-51-63-40-24-10-25-41-63)68(77)71(84-50-62-38-22-9-23-39-62)67(89-75)55-80-46-58-30-14-5-15-31-58/h3-43,56,65-77H,1,44-55H2,2H3/t56-,65-,66+,67+,68-,69-,70-,71+,72+,73+,74+,75+,76-/m0/s1. The number of benzene rings is 8. The molecule has 8 aromatic rings. The molecule has 0 amide bonds. The zero-order valence-electron chi connectivity index (χ0n) is 51.1. The maximum Gasteiger partial charge on any atom is 0.187 e. The summed E-state index contributed by atoms with van der Waals surface area (Å²) in [6.45, 7) is 7.96. The van der Waals surface area contributed by atoms with Crippen LogP contribution in [0.2, 0.25) is 0 Å². The summed E-state index contributed by atoms with van der Waals surface area (Å²) in [5.74, 6) is 0. The van der Waals surface area contributed by atoms with Crippen LogP contribution in [0.5, 0.6) is 0 Å². The predicted octanol–water partition coefficient (Wildman–Crippen LogP) is 12.7. The van der Waals surface area contributed by atoms with Crippen molar-refractivity contribution in [3.63, 3.8) is 0 Å². The molecule has 472 valence electrons.